The summed E-state index contributed by atoms with van der Waals surface area (Å²) in [5, 5.41) is 0.197. The molecule has 2 nitrogen and oxygen atoms in total. The van der Waals surface area contributed by atoms with Gasteiger partial charge in [-0.2, -0.15) is 0 Å². The summed E-state index contributed by atoms with van der Waals surface area (Å²) in [4.78, 5) is 12.8. The molecule has 1 N–H and O–H groups in total. The molecule has 6 heteroatoms. The Morgan fingerprint density at radius 2 is 2.15 bits per heavy atom. The second-order valence-corrected chi connectivity index (χ2v) is 2.89. The van der Waals surface area contributed by atoms with Gasteiger partial charge in [0.2, 0.25) is 0 Å². The van der Waals surface area contributed by atoms with Gasteiger partial charge in [0.25, 0.3) is 12.0 Å². The molecule has 0 saturated heterocycles. The predicted octanol–water partition coefficient (Wildman–Crippen LogP) is 2.35. The van der Waals surface area contributed by atoms with Crippen molar-refractivity contribution in [2.45, 2.75) is 11.8 Å². The molecule has 13 heavy (non-hydrogen) atoms. The third-order valence-corrected chi connectivity index (χ3v) is 2.04. The summed E-state index contributed by atoms with van der Waals surface area (Å²) < 4.78 is 37.0. The van der Waals surface area contributed by atoms with Crippen LogP contribution in [0.5, 0.6) is 0 Å². The minimum Gasteiger partial charge on any atom is -0.323 e. The number of H-pyrrole nitrogens is 1. The van der Waals surface area contributed by atoms with Crippen LogP contribution in [0.1, 0.15) is 17.7 Å². The normalized spacial score (nSPS) is 10.8. The van der Waals surface area contributed by atoms with E-state index in [4.69, 9.17) is 0 Å². The Morgan fingerprint density at radius 3 is 2.62 bits per heavy atom. The van der Waals surface area contributed by atoms with E-state index in [2.05, 4.69) is 20.9 Å². The lowest BCUT2D eigenvalue weighted by molar-refractivity contribution is 0.145. The number of pyridine rings is 1. The van der Waals surface area contributed by atoms with Crippen LogP contribution in [-0.4, -0.2) is 4.98 Å². The summed E-state index contributed by atoms with van der Waals surface area (Å²) in [7, 11) is 0. The number of aromatic amines is 1. The molecule has 0 radical (unpaired) electrons. The Bertz CT molecular complexity index is 363. The Morgan fingerprint density at radius 1 is 1.54 bits per heavy atom. The molecule has 0 unspecified atom stereocenters. The van der Waals surface area contributed by atoms with E-state index in [0.29, 0.717) is 0 Å². The molecule has 0 aromatic carbocycles. The van der Waals surface area contributed by atoms with Crippen LogP contribution >= 0.6 is 15.9 Å². The molecule has 0 fully saturated rings. The van der Waals surface area contributed by atoms with E-state index >= 15 is 0 Å². The first-order valence-electron chi connectivity index (χ1n) is 3.32. The molecule has 1 heterocycles. The third kappa shape index (κ3) is 2.12. The lowest BCUT2D eigenvalue weighted by atomic mass is 10.2. The smallest absolute Gasteiger partial charge is 0.284 e. The zero-order valence-electron chi connectivity index (χ0n) is 6.28. The number of nitrogens with one attached hydrogen (secondary N) is 1. The highest BCUT2D eigenvalue weighted by Gasteiger charge is 2.16. The van der Waals surface area contributed by atoms with Crippen molar-refractivity contribution in [3.63, 3.8) is 0 Å². The highest BCUT2D eigenvalue weighted by atomic mass is 79.9. The first-order valence-corrected chi connectivity index (χ1v) is 4.44. The Kier molecular flexibility index (Phi) is 3.13. The van der Waals surface area contributed by atoms with Gasteiger partial charge in [-0.25, -0.2) is 13.2 Å². The largest absolute Gasteiger partial charge is 0.323 e. The summed E-state index contributed by atoms with van der Waals surface area (Å²) in [5.74, 6) is -1.42. The van der Waals surface area contributed by atoms with E-state index in [1.54, 1.807) is 0 Å². The molecule has 72 valence electrons. The summed E-state index contributed by atoms with van der Waals surface area (Å²) in [6, 6.07) is 0.927. The number of alkyl halides is 3. The van der Waals surface area contributed by atoms with Crippen molar-refractivity contribution in [3.05, 3.63) is 33.5 Å². The van der Waals surface area contributed by atoms with Crippen LogP contribution < -0.4 is 5.56 Å². The number of hydrogen-bond donors (Lipinski definition) is 1. The van der Waals surface area contributed by atoms with Crippen LogP contribution in [0, 0.1) is 5.82 Å². The van der Waals surface area contributed by atoms with Crippen LogP contribution in [0.2, 0.25) is 0 Å². The van der Waals surface area contributed by atoms with Crippen LogP contribution in [-0.2, 0) is 5.33 Å². The van der Waals surface area contributed by atoms with E-state index in [1.807, 2.05) is 0 Å². The molecule has 0 amide bonds. The van der Waals surface area contributed by atoms with Crippen molar-refractivity contribution in [2.24, 2.45) is 0 Å². The molecule has 0 bridgehead atoms. The first-order chi connectivity index (χ1) is 6.06. The van der Waals surface area contributed by atoms with Gasteiger partial charge >= 0.3 is 0 Å². The second kappa shape index (κ2) is 3.95. The molecule has 0 spiro atoms. The van der Waals surface area contributed by atoms with Crippen LogP contribution in [0.3, 0.4) is 0 Å². The fraction of sp³-hybridized carbons (Fsp3) is 0.286. The van der Waals surface area contributed by atoms with Crippen molar-refractivity contribution in [1.82, 2.24) is 4.98 Å². The van der Waals surface area contributed by atoms with Gasteiger partial charge in [-0.3, -0.25) is 4.79 Å². The summed E-state index contributed by atoms with van der Waals surface area (Å²) in [6.45, 7) is 0. The number of aromatic nitrogens is 1. The molecule has 1 aromatic rings. The van der Waals surface area contributed by atoms with E-state index in [9.17, 15) is 18.0 Å². The highest BCUT2D eigenvalue weighted by molar-refractivity contribution is 9.08. The first kappa shape index (κ1) is 10.3. The highest BCUT2D eigenvalue weighted by Crippen LogP contribution is 2.20. The molecular weight excluding hydrogens is 251 g/mol. The van der Waals surface area contributed by atoms with Crippen LogP contribution in [0.15, 0.2) is 10.9 Å². The maximum Gasteiger partial charge on any atom is 0.284 e. The Hall–Kier alpha value is -0.780. The molecule has 0 aliphatic carbocycles. The molecule has 0 aliphatic rings. The van der Waals surface area contributed by atoms with Gasteiger partial charge in [-0.1, -0.05) is 15.9 Å². The quantitative estimate of drug-likeness (QED) is 0.809. The van der Waals surface area contributed by atoms with Crippen molar-refractivity contribution in [1.29, 1.82) is 0 Å². The van der Waals surface area contributed by atoms with Gasteiger partial charge in [0, 0.05) is 11.0 Å². The summed E-state index contributed by atoms with van der Waals surface area (Å²) in [6.07, 6.45) is -2.97. The second-order valence-electron chi connectivity index (χ2n) is 2.33. The average Bonchev–Trinajstić information content (AvgIpc) is 2.09. The van der Waals surface area contributed by atoms with Gasteiger partial charge in [0.1, 0.15) is 0 Å². The van der Waals surface area contributed by atoms with E-state index in [1.165, 1.54) is 0 Å². The van der Waals surface area contributed by atoms with E-state index in [0.717, 1.165) is 6.07 Å². The molecule has 0 aliphatic heterocycles. The topological polar surface area (TPSA) is 32.9 Å². The molecule has 0 atom stereocenters. The SMILES string of the molecule is O=c1[nH]c(CBr)cc(C(F)F)c1F. The number of rotatable bonds is 2. The molecular formula is C7H5BrF3NO. The lowest BCUT2D eigenvalue weighted by Crippen LogP contribution is -2.15. The number of halogens is 4. The third-order valence-electron chi connectivity index (χ3n) is 1.44. The van der Waals surface area contributed by atoms with Gasteiger partial charge in [-0.05, 0) is 6.07 Å². The zero-order chi connectivity index (χ0) is 10.0. The van der Waals surface area contributed by atoms with E-state index < -0.39 is 23.4 Å². The lowest BCUT2D eigenvalue weighted by Gasteiger charge is -2.02. The summed E-state index contributed by atoms with van der Waals surface area (Å²) >= 11 is 2.96. The Balaban J connectivity index is 3.33. The minimum absolute atomic E-state index is 0.197. The van der Waals surface area contributed by atoms with Crippen LogP contribution in [0.25, 0.3) is 0 Å². The van der Waals surface area contributed by atoms with Gasteiger partial charge in [0.05, 0.1) is 5.56 Å². The predicted molar refractivity (Wildman–Crippen MR) is 44.6 cm³/mol. The fourth-order valence-electron chi connectivity index (χ4n) is 0.850. The zero-order valence-corrected chi connectivity index (χ0v) is 7.87. The minimum atomic E-state index is -2.97. The monoisotopic (exact) mass is 255 g/mol. The average molecular weight is 256 g/mol. The molecule has 1 aromatic heterocycles. The van der Waals surface area contributed by atoms with Gasteiger partial charge in [0.15, 0.2) is 5.82 Å². The summed E-state index contributed by atoms with van der Waals surface area (Å²) in [5.41, 5.74) is -1.76. The van der Waals surface area contributed by atoms with Gasteiger partial charge < -0.3 is 4.98 Å². The number of hydrogen-bond acceptors (Lipinski definition) is 1. The van der Waals surface area contributed by atoms with Crippen molar-refractivity contribution in [2.75, 3.05) is 0 Å². The Labute approximate surface area is 79.9 Å². The molecule has 0 saturated carbocycles. The molecule has 1 rings (SSSR count). The maximum absolute atomic E-state index is 12.7. The maximum atomic E-state index is 12.7. The van der Waals surface area contributed by atoms with Crippen molar-refractivity contribution in [3.8, 4) is 0 Å². The van der Waals surface area contributed by atoms with Crippen molar-refractivity contribution < 1.29 is 13.2 Å². The van der Waals surface area contributed by atoms with Crippen LogP contribution in [0.4, 0.5) is 13.2 Å². The van der Waals surface area contributed by atoms with E-state index in [-0.39, 0.29) is 11.0 Å². The van der Waals surface area contributed by atoms with Gasteiger partial charge in [-0.15, -0.1) is 0 Å². The standard InChI is InChI=1S/C7H5BrF3NO/c8-2-3-1-4(6(10)11)5(9)7(13)12-3/h1,6H,2H2,(H,12,13). The fourth-order valence-corrected chi connectivity index (χ4v) is 1.15. The van der Waals surface area contributed by atoms with Crippen molar-refractivity contribution >= 4 is 15.9 Å².